The highest BCUT2D eigenvalue weighted by Crippen LogP contribution is 2.36. The number of carbonyl (C=O) groups excluding carboxylic acids is 1. The van der Waals surface area contributed by atoms with Gasteiger partial charge in [-0.05, 0) is 97.1 Å². The molecule has 23 heteroatoms. The van der Waals surface area contributed by atoms with Gasteiger partial charge in [-0.3, -0.25) is 0 Å². The van der Waals surface area contributed by atoms with Crippen molar-refractivity contribution in [2.45, 2.75) is 0 Å². The summed E-state index contributed by atoms with van der Waals surface area (Å²) in [5.41, 5.74) is 118. The van der Waals surface area contributed by atoms with Gasteiger partial charge in [0, 0.05) is 136 Å². The van der Waals surface area contributed by atoms with Crippen LogP contribution in [0.2, 0.25) is 0 Å². The molecule has 0 saturated carbocycles. The summed E-state index contributed by atoms with van der Waals surface area (Å²) < 4.78 is 0. The quantitative estimate of drug-likeness (QED) is 0.0761. The van der Waals surface area contributed by atoms with Crippen LogP contribution < -0.4 is 103 Å². The standard InChI is InChI=1S/4C12H14N4.CH4N2O.4ClH/c4*13-7-1-3-9(11(15)5-7)10-4-2-8(14)6-12(10)16;2-1(3)4;;;;/h4*1-6H,13-16H2;(H4,2,3,4);4*1H. The van der Waals surface area contributed by atoms with Crippen LogP contribution in [0.25, 0.3) is 44.5 Å². The lowest BCUT2D eigenvalue weighted by atomic mass is 10.0. The molecule has 72 heavy (non-hydrogen) atoms. The Morgan fingerprint density at radius 3 is 0.361 bits per heavy atom. The summed E-state index contributed by atoms with van der Waals surface area (Å²) in [6.45, 7) is 0. The lowest BCUT2D eigenvalue weighted by molar-refractivity contribution is 0.256. The van der Waals surface area contributed by atoms with E-state index in [-0.39, 0.29) is 49.6 Å². The molecule has 0 fully saturated rings. The molecule has 0 heterocycles. The fourth-order valence-electron chi connectivity index (χ4n) is 6.61. The van der Waals surface area contributed by atoms with E-state index in [2.05, 4.69) is 11.5 Å². The second-order valence-electron chi connectivity index (χ2n) is 15.2. The van der Waals surface area contributed by atoms with Gasteiger partial charge in [0.2, 0.25) is 0 Å². The molecule has 0 aliphatic rings. The Labute approximate surface area is 442 Å². The summed E-state index contributed by atoms with van der Waals surface area (Å²) in [5, 5.41) is 0. The molecular weight excluding hydrogens is 998 g/mol. The Morgan fingerprint density at radius 2 is 0.292 bits per heavy atom. The molecule has 8 rings (SSSR count). The molecule has 0 saturated heterocycles. The van der Waals surface area contributed by atoms with Crippen LogP contribution in [0, 0.1) is 0 Å². The summed E-state index contributed by atoms with van der Waals surface area (Å²) in [5.74, 6) is 0. The van der Waals surface area contributed by atoms with E-state index in [0.29, 0.717) is 91.0 Å². The number of anilines is 16. The molecule has 0 aromatic heterocycles. The van der Waals surface area contributed by atoms with Gasteiger partial charge >= 0.3 is 6.03 Å². The first kappa shape index (κ1) is 63.0. The van der Waals surface area contributed by atoms with Crippen LogP contribution >= 0.6 is 49.6 Å². The lowest BCUT2D eigenvalue weighted by Crippen LogP contribution is -2.18. The van der Waals surface area contributed by atoms with E-state index in [1.54, 1.807) is 97.1 Å². The van der Waals surface area contributed by atoms with Gasteiger partial charge in [-0.25, -0.2) is 4.79 Å². The highest BCUT2D eigenvalue weighted by Gasteiger charge is 2.10. The number of carbonyl (C=O) groups is 1. The summed E-state index contributed by atoms with van der Waals surface area (Å²) in [4.78, 5) is 9.00. The Bertz CT molecular complexity index is 2470. The molecule has 0 radical (unpaired) electrons. The number of benzene rings is 8. The maximum absolute atomic E-state index is 9.00. The topological polar surface area (TPSA) is 485 Å². The van der Waals surface area contributed by atoms with E-state index in [1.807, 2.05) is 48.5 Å². The van der Waals surface area contributed by atoms with Crippen molar-refractivity contribution < 1.29 is 4.79 Å². The number of halogens is 4. The zero-order chi connectivity index (χ0) is 50.4. The SMILES string of the molecule is Cl.Cl.Cl.Cl.NC(N)=O.Nc1ccc(-c2ccc(N)cc2N)c(N)c1.Nc1ccc(-c2ccc(N)cc2N)c(N)c1.Nc1ccc(-c2ccc(N)cc2N)c(N)c1.Nc1ccc(-c2ccc(N)cc2N)c(N)c1. The molecule has 8 aromatic rings. The minimum atomic E-state index is -0.833. The molecule has 0 spiro atoms. The van der Waals surface area contributed by atoms with Gasteiger partial charge in [-0.15, -0.1) is 49.6 Å². The van der Waals surface area contributed by atoms with Crippen LogP contribution in [-0.2, 0) is 0 Å². The van der Waals surface area contributed by atoms with Gasteiger partial charge in [0.05, 0.1) is 0 Å². The van der Waals surface area contributed by atoms with Crippen molar-refractivity contribution in [3.63, 3.8) is 0 Å². The Morgan fingerprint density at radius 1 is 0.208 bits per heavy atom. The van der Waals surface area contributed by atoms with Gasteiger partial charge in [0.1, 0.15) is 0 Å². The fourth-order valence-corrected chi connectivity index (χ4v) is 6.61. The van der Waals surface area contributed by atoms with Gasteiger partial charge in [-0.2, -0.15) is 0 Å². The van der Waals surface area contributed by atoms with Crippen molar-refractivity contribution in [2.75, 3.05) is 91.7 Å². The molecule has 2 amide bonds. The second kappa shape index (κ2) is 28.5. The zero-order valence-corrected chi connectivity index (χ0v) is 42.1. The smallest absolute Gasteiger partial charge is 0.309 e. The van der Waals surface area contributed by atoms with Crippen molar-refractivity contribution in [1.82, 2.24) is 0 Å². The predicted octanol–water partition coefficient (Wildman–Crippen LogP) is 7.44. The van der Waals surface area contributed by atoms with Gasteiger partial charge in [0.25, 0.3) is 0 Å². The van der Waals surface area contributed by atoms with Crippen molar-refractivity contribution in [2.24, 2.45) is 11.5 Å². The number of urea groups is 1. The van der Waals surface area contributed by atoms with Crippen LogP contribution in [0.3, 0.4) is 0 Å². The van der Waals surface area contributed by atoms with Crippen LogP contribution in [0.1, 0.15) is 0 Å². The van der Waals surface area contributed by atoms with Crippen molar-refractivity contribution in [3.8, 4) is 44.5 Å². The minimum Gasteiger partial charge on any atom is -0.399 e. The monoisotopic (exact) mass is 1060 g/mol. The van der Waals surface area contributed by atoms with E-state index in [0.717, 1.165) is 44.5 Å². The molecule has 384 valence electrons. The summed E-state index contributed by atoms with van der Waals surface area (Å²) in [6, 6.07) is 42.0. The number of hydrogen-bond acceptors (Lipinski definition) is 17. The summed E-state index contributed by atoms with van der Waals surface area (Å²) in [7, 11) is 0. The van der Waals surface area contributed by atoms with E-state index in [1.165, 1.54) is 0 Å². The molecule has 19 nitrogen and oxygen atoms in total. The van der Waals surface area contributed by atoms with Crippen molar-refractivity contribution >= 4 is 147 Å². The van der Waals surface area contributed by atoms with E-state index < -0.39 is 6.03 Å². The van der Waals surface area contributed by atoms with Crippen LogP contribution in [0.4, 0.5) is 95.8 Å². The van der Waals surface area contributed by atoms with E-state index >= 15 is 0 Å². The second-order valence-corrected chi connectivity index (χ2v) is 15.2. The highest BCUT2D eigenvalue weighted by atomic mass is 35.5. The average molecular weight is 1060 g/mol. The molecule has 0 atom stereocenters. The average Bonchev–Trinajstić information content (AvgIpc) is 3.23. The normalized spacial score (nSPS) is 9.44. The van der Waals surface area contributed by atoms with Gasteiger partial charge in [-0.1, -0.05) is 48.5 Å². The predicted molar refractivity (Wildman–Crippen MR) is 321 cm³/mol. The van der Waals surface area contributed by atoms with Crippen LogP contribution in [-0.4, -0.2) is 6.03 Å². The minimum absolute atomic E-state index is 0. The van der Waals surface area contributed by atoms with Crippen LogP contribution in [0.15, 0.2) is 146 Å². The zero-order valence-electron chi connectivity index (χ0n) is 38.8. The third kappa shape index (κ3) is 17.8. The third-order valence-corrected chi connectivity index (χ3v) is 9.77. The number of primary amides is 2. The number of amides is 2. The number of nitrogen functional groups attached to an aromatic ring is 16. The summed E-state index contributed by atoms with van der Waals surface area (Å²) >= 11 is 0. The molecule has 0 bridgehead atoms. The maximum atomic E-state index is 9.00. The van der Waals surface area contributed by atoms with Gasteiger partial charge in [0.15, 0.2) is 0 Å². The van der Waals surface area contributed by atoms with Crippen LogP contribution in [0.5, 0.6) is 0 Å². The number of nitrogens with two attached hydrogens (primary N) is 18. The summed E-state index contributed by atoms with van der Waals surface area (Å²) in [6.07, 6.45) is 0. The number of rotatable bonds is 4. The Balaban J connectivity index is 0.000000893. The third-order valence-electron chi connectivity index (χ3n) is 9.77. The van der Waals surface area contributed by atoms with Gasteiger partial charge < -0.3 is 103 Å². The molecule has 0 aliphatic heterocycles. The van der Waals surface area contributed by atoms with Crippen molar-refractivity contribution in [1.29, 1.82) is 0 Å². The van der Waals surface area contributed by atoms with Crippen molar-refractivity contribution in [3.05, 3.63) is 146 Å². The number of hydrogen-bond donors (Lipinski definition) is 18. The molecule has 0 aliphatic carbocycles. The maximum Gasteiger partial charge on any atom is 0.309 e. The Kier molecular flexibility index (Phi) is 24.9. The largest absolute Gasteiger partial charge is 0.399 e. The Hall–Kier alpha value is -9.01. The fraction of sp³-hybridized carbons (Fsp3) is 0. The van der Waals surface area contributed by atoms with E-state index in [9.17, 15) is 0 Å². The lowest BCUT2D eigenvalue weighted by Gasteiger charge is -2.10. The van der Waals surface area contributed by atoms with E-state index in [4.69, 9.17) is 96.5 Å². The first-order chi connectivity index (χ1) is 32.0. The molecule has 8 aromatic carbocycles. The molecule has 36 N–H and O–H groups in total. The molecule has 0 unspecified atom stereocenters. The highest BCUT2D eigenvalue weighted by molar-refractivity contribution is 5.90. The first-order valence-corrected chi connectivity index (χ1v) is 20.3. The first-order valence-electron chi connectivity index (χ1n) is 20.3. The molecular formula is C49H64Cl4N18O.